The van der Waals surface area contributed by atoms with Crippen LogP contribution < -0.4 is 4.74 Å². The fraction of sp³-hybridized carbons (Fsp3) is 0.0769. The molecule has 0 N–H and O–H groups in total. The Morgan fingerprint density at radius 1 is 1.32 bits per heavy atom. The molecule has 0 aliphatic carbocycles. The second-order valence-electron chi connectivity index (χ2n) is 3.74. The van der Waals surface area contributed by atoms with E-state index in [0.29, 0.717) is 10.0 Å². The van der Waals surface area contributed by atoms with Crippen molar-refractivity contribution in [3.05, 3.63) is 52.1 Å². The predicted octanol–water partition coefficient (Wildman–Crippen LogP) is 4.12. The minimum absolute atomic E-state index is 0.0177. The van der Waals surface area contributed by atoms with Gasteiger partial charge in [-0.05, 0) is 25.1 Å². The molecule has 0 spiro atoms. The van der Waals surface area contributed by atoms with Crippen molar-refractivity contribution in [1.29, 1.82) is 0 Å². The van der Waals surface area contributed by atoms with Gasteiger partial charge in [-0.3, -0.25) is 4.79 Å². The molecule has 0 saturated heterocycles. The lowest BCUT2D eigenvalue weighted by Gasteiger charge is -2.07. The van der Waals surface area contributed by atoms with E-state index >= 15 is 0 Å². The standard InChI is InChI=1S/C13H8BrF2NO2/c1-7(18)8-2-3-17-12(4-8)19-11-6-9(14)5-10(15)13(11)16/h2-6H,1H3. The maximum absolute atomic E-state index is 13.5. The number of ketones is 1. The van der Waals surface area contributed by atoms with E-state index in [0.717, 1.165) is 6.07 Å². The van der Waals surface area contributed by atoms with Crippen molar-refractivity contribution in [2.45, 2.75) is 6.92 Å². The summed E-state index contributed by atoms with van der Waals surface area (Å²) < 4.78 is 32.2. The molecular formula is C13H8BrF2NO2. The number of halogens is 3. The molecular weight excluding hydrogens is 320 g/mol. The number of hydrogen-bond donors (Lipinski definition) is 0. The predicted molar refractivity (Wildman–Crippen MR) is 68.4 cm³/mol. The van der Waals surface area contributed by atoms with Crippen LogP contribution in [-0.2, 0) is 0 Å². The molecule has 98 valence electrons. The number of benzene rings is 1. The molecule has 2 rings (SSSR count). The van der Waals surface area contributed by atoms with Crippen LogP contribution in [0.25, 0.3) is 0 Å². The van der Waals surface area contributed by atoms with E-state index in [4.69, 9.17) is 4.74 Å². The fourth-order valence-corrected chi connectivity index (χ4v) is 1.81. The van der Waals surface area contributed by atoms with Gasteiger partial charge in [-0.2, -0.15) is 4.39 Å². The van der Waals surface area contributed by atoms with Gasteiger partial charge in [-0.15, -0.1) is 0 Å². The molecule has 0 unspecified atom stereocenters. The van der Waals surface area contributed by atoms with Crippen LogP contribution in [0.4, 0.5) is 8.78 Å². The Labute approximate surface area is 116 Å². The van der Waals surface area contributed by atoms with E-state index in [1.807, 2.05) is 0 Å². The van der Waals surface area contributed by atoms with Crippen molar-refractivity contribution in [2.75, 3.05) is 0 Å². The largest absolute Gasteiger partial charge is 0.436 e. The smallest absolute Gasteiger partial charge is 0.220 e. The van der Waals surface area contributed by atoms with E-state index in [2.05, 4.69) is 20.9 Å². The molecule has 0 atom stereocenters. The highest BCUT2D eigenvalue weighted by Gasteiger charge is 2.13. The number of Topliss-reactive ketones (excluding diaryl/α,β-unsaturated/α-hetero) is 1. The number of ether oxygens (including phenoxy) is 1. The highest BCUT2D eigenvalue weighted by atomic mass is 79.9. The lowest BCUT2D eigenvalue weighted by molar-refractivity contribution is 0.101. The van der Waals surface area contributed by atoms with Gasteiger partial charge in [0.25, 0.3) is 0 Å². The van der Waals surface area contributed by atoms with E-state index in [1.54, 1.807) is 0 Å². The van der Waals surface area contributed by atoms with Crippen molar-refractivity contribution in [3.63, 3.8) is 0 Å². The average Bonchev–Trinajstić information content (AvgIpc) is 2.35. The molecule has 6 heteroatoms. The molecule has 3 nitrogen and oxygen atoms in total. The van der Waals surface area contributed by atoms with Crippen molar-refractivity contribution < 1.29 is 18.3 Å². The van der Waals surface area contributed by atoms with Gasteiger partial charge in [0.15, 0.2) is 17.3 Å². The van der Waals surface area contributed by atoms with Crippen LogP contribution in [0.5, 0.6) is 11.6 Å². The molecule has 19 heavy (non-hydrogen) atoms. The first kappa shape index (κ1) is 13.6. The van der Waals surface area contributed by atoms with Crippen molar-refractivity contribution >= 4 is 21.7 Å². The Kier molecular flexibility index (Phi) is 3.90. The number of hydrogen-bond acceptors (Lipinski definition) is 3. The van der Waals surface area contributed by atoms with E-state index in [-0.39, 0.29) is 17.4 Å². The fourth-order valence-electron chi connectivity index (χ4n) is 1.40. The molecule has 1 heterocycles. The maximum atomic E-state index is 13.5. The molecule has 0 fully saturated rings. The van der Waals surface area contributed by atoms with E-state index in [1.165, 1.54) is 31.3 Å². The molecule has 1 aromatic carbocycles. The Morgan fingerprint density at radius 2 is 2.05 bits per heavy atom. The lowest BCUT2D eigenvalue weighted by Crippen LogP contribution is -1.97. The second kappa shape index (κ2) is 5.44. The van der Waals surface area contributed by atoms with Crippen LogP contribution >= 0.6 is 15.9 Å². The third kappa shape index (κ3) is 3.14. The Bertz CT molecular complexity index is 647. The van der Waals surface area contributed by atoms with Gasteiger partial charge >= 0.3 is 0 Å². The topological polar surface area (TPSA) is 39.2 Å². The number of pyridine rings is 1. The van der Waals surface area contributed by atoms with Gasteiger partial charge in [-0.25, -0.2) is 9.37 Å². The van der Waals surface area contributed by atoms with Crippen molar-refractivity contribution in [3.8, 4) is 11.6 Å². The lowest BCUT2D eigenvalue weighted by atomic mass is 10.2. The Hall–Kier alpha value is -1.82. The van der Waals surface area contributed by atoms with Crippen LogP contribution in [0.15, 0.2) is 34.9 Å². The zero-order chi connectivity index (χ0) is 14.0. The van der Waals surface area contributed by atoms with Crippen LogP contribution in [0, 0.1) is 11.6 Å². The van der Waals surface area contributed by atoms with Crippen LogP contribution in [0.2, 0.25) is 0 Å². The molecule has 0 aliphatic heterocycles. The molecule has 1 aromatic heterocycles. The molecule has 0 amide bonds. The molecule has 0 radical (unpaired) electrons. The summed E-state index contributed by atoms with van der Waals surface area (Å²) in [4.78, 5) is 15.0. The first-order chi connectivity index (χ1) is 8.97. The maximum Gasteiger partial charge on any atom is 0.220 e. The van der Waals surface area contributed by atoms with Gasteiger partial charge in [0, 0.05) is 22.3 Å². The summed E-state index contributed by atoms with van der Waals surface area (Å²) in [6, 6.07) is 5.13. The quantitative estimate of drug-likeness (QED) is 0.628. The SMILES string of the molecule is CC(=O)c1ccnc(Oc2cc(Br)cc(F)c2F)c1. The third-order valence-corrected chi connectivity index (χ3v) is 2.77. The van der Waals surface area contributed by atoms with Crippen molar-refractivity contribution in [2.24, 2.45) is 0 Å². The molecule has 2 aromatic rings. The summed E-state index contributed by atoms with van der Waals surface area (Å²) in [7, 11) is 0. The Balaban J connectivity index is 2.36. The van der Waals surface area contributed by atoms with Crippen LogP contribution in [0.3, 0.4) is 0 Å². The monoisotopic (exact) mass is 327 g/mol. The molecule has 0 saturated carbocycles. The van der Waals surface area contributed by atoms with Crippen molar-refractivity contribution in [1.82, 2.24) is 4.98 Å². The number of carbonyl (C=O) groups excluding carboxylic acids is 1. The summed E-state index contributed by atoms with van der Waals surface area (Å²) in [6.45, 7) is 1.39. The minimum Gasteiger partial charge on any atom is -0.436 e. The van der Waals surface area contributed by atoms with Gasteiger partial charge in [0.05, 0.1) is 0 Å². The van der Waals surface area contributed by atoms with Gasteiger partial charge in [0.2, 0.25) is 11.7 Å². The second-order valence-corrected chi connectivity index (χ2v) is 4.66. The number of nitrogens with zero attached hydrogens (tertiary/aromatic N) is 1. The molecule has 0 aliphatic rings. The number of carbonyl (C=O) groups is 1. The van der Waals surface area contributed by atoms with Crippen LogP contribution in [0.1, 0.15) is 17.3 Å². The summed E-state index contributed by atoms with van der Waals surface area (Å²) in [5, 5.41) is 0. The highest BCUT2D eigenvalue weighted by Crippen LogP contribution is 2.29. The number of aromatic nitrogens is 1. The third-order valence-electron chi connectivity index (χ3n) is 2.32. The average molecular weight is 328 g/mol. The minimum atomic E-state index is -1.11. The van der Waals surface area contributed by atoms with E-state index < -0.39 is 11.6 Å². The van der Waals surface area contributed by atoms with Gasteiger partial charge < -0.3 is 4.74 Å². The first-order valence-electron chi connectivity index (χ1n) is 5.27. The zero-order valence-corrected chi connectivity index (χ0v) is 11.4. The van der Waals surface area contributed by atoms with Gasteiger partial charge in [0.1, 0.15) is 0 Å². The Morgan fingerprint density at radius 3 is 2.74 bits per heavy atom. The molecule has 0 bridgehead atoms. The van der Waals surface area contributed by atoms with Crippen LogP contribution in [-0.4, -0.2) is 10.8 Å². The zero-order valence-electron chi connectivity index (χ0n) is 9.78. The van der Waals surface area contributed by atoms with E-state index in [9.17, 15) is 13.6 Å². The summed E-state index contributed by atoms with van der Waals surface area (Å²) in [6.07, 6.45) is 1.36. The first-order valence-corrected chi connectivity index (χ1v) is 6.06. The summed E-state index contributed by atoms with van der Waals surface area (Å²) in [5.41, 5.74) is 0.376. The van der Waals surface area contributed by atoms with Gasteiger partial charge in [-0.1, -0.05) is 15.9 Å². The number of rotatable bonds is 3. The normalized spacial score (nSPS) is 10.3. The highest BCUT2D eigenvalue weighted by molar-refractivity contribution is 9.10. The summed E-state index contributed by atoms with van der Waals surface area (Å²) in [5.74, 6) is -2.61. The summed E-state index contributed by atoms with van der Waals surface area (Å²) >= 11 is 3.04.